The van der Waals surface area contributed by atoms with E-state index >= 15 is 0 Å². The van der Waals surface area contributed by atoms with Crippen LogP contribution in [0.5, 0.6) is 0 Å². The summed E-state index contributed by atoms with van der Waals surface area (Å²) in [6.45, 7) is -0.310. The van der Waals surface area contributed by atoms with Crippen molar-refractivity contribution in [1.29, 1.82) is 0 Å². The number of nitrogens with one attached hydrogen (secondary N) is 2. The number of carbonyl (C=O) groups is 4. The van der Waals surface area contributed by atoms with Gasteiger partial charge in [-0.25, -0.2) is 9.59 Å². The molecule has 28 heavy (non-hydrogen) atoms. The Morgan fingerprint density at radius 3 is 2.79 bits per heavy atom. The molecule has 0 unspecified atom stereocenters. The molecule has 0 saturated carbocycles. The number of thioether (sulfide) groups is 1. The van der Waals surface area contributed by atoms with E-state index in [1.54, 1.807) is 12.1 Å². The summed E-state index contributed by atoms with van der Waals surface area (Å²) in [6.07, 6.45) is -0.578. The van der Waals surface area contributed by atoms with E-state index in [0.717, 1.165) is 16.6 Å². The van der Waals surface area contributed by atoms with Gasteiger partial charge in [0.15, 0.2) is 6.29 Å². The Morgan fingerprint density at radius 1 is 1.50 bits per heavy atom. The van der Waals surface area contributed by atoms with Gasteiger partial charge in [-0.2, -0.15) is 0 Å². The summed E-state index contributed by atoms with van der Waals surface area (Å²) >= 11 is 2.51. The topological polar surface area (TPSA) is 157 Å². The Hall–Kier alpha value is -2.57. The van der Waals surface area contributed by atoms with Crippen molar-refractivity contribution < 1.29 is 33.8 Å². The number of carbonyl (C=O) groups excluding carboxylic acids is 3. The molecule has 10 nitrogen and oxygen atoms in total. The van der Waals surface area contributed by atoms with Crippen LogP contribution in [0.25, 0.3) is 0 Å². The van der Waals surface area contributed by atoms with Crippen molar-refractivity contribution in [2.45, 2.75) is 17.5 Å². The smallest absolute Gasteiger partial charge is 0.404 e. The summed E-state index contributed by atoms with van der Waals surface area (Å²) in [6, 6.07) is 3.58. The first kappa shape index (κ1) is 21.7. The number of hydrogen-bond acceptors (Lipinski definition) is 9. The molecule has 1 aromatic heterocycles. The number of aldehydes is 1. The molecule has 0 fully saturated rings. The average Bonchev–Trinajstić information content (AvgIpc) is 3.17. The molecule has 12 heteroatoms. The van der Waals surface area contributed by atoms with Gasteiger partial charge in [-0.05, 0) is 11.4 Å². The van der Waals surface area contributed by atoms with Crippen LogP contribution in [0.3, 0.4) is 0 Å². The van der Waals surface area contributed by atoms with Crippen LogP contribution in [-0.4, -0.2) is 59.9 Å². The highest BCUT2D eigenvalue weighted by Crippen LogP contribution is 2.30. The Kier molecular flexibility index (Phi) is 7.43. The van der Waals surface area contributed by atoms with Gasteiger partial charge in [-0.15, -0.1) is 23.1 Å². The van der Waals surface area contributed by atoms with Crippen LogP contribution in [0.2, 0.25) is 0 Å². The second kappa shape index (κ2) is 9.57. The second-order valence-electron chi connectivity index (χ2n) is 5.65. The van der Waals surface area contributed by atoms with Crippen LogP contribution < -0.4 is 16.4 Å². The molecule has 0 aromatic carbocycles. The molecule has 0 radical (unpaired) electrons. The summed E-state index contributed by atoms with van der Waals surface area (Å²) in [5.74, 6) is -1.65. The van der Waals surface area contributed by atoms with Crippen LogP contribution in [-0.2, 0) is 30.3 Å². The van der Waals surface area contributed by atoms with Crippen LogP contribution in [0.4, 0.5) is 4.79 Å². The molecule has 0 saturated heterocycles. The summed E-state index contributed by atoms with van der Waals surface area (Å²) in [5, 5.41) is 15.5. The van der Waals surface area contributed by atoms with E-state index in [4.69, 9.17) is 10.5 Å². The lowest BCUT2D eigenvalue weighted by Gasteiger charge is -2.38. The standard InChI is InChI=1S/C16H19N3O7S2/c1-25-16(8-20,19-11(21)5-10-3-2-4-27-10)14-18-12(13(22)23)9(7-28-14)6-26-15(17)24/h2-4,8,14,18H,5-7H2,1H3,(H2,17,24)(H,19,21)(H,22,23)/t14-,16+/m1/s1. The van der Waals surface area contributed by atoms with Crippen molar-refractivity contribution in [3.8, 4) is 0 Å². The third kappa shape index (κ3) is 5.24. The molecule has 2 amide bonds. The molecule has 0 aliphatic carbocycles. The molecular formula is C16H19N3O7S2. The van der Waals surface area contributed by atoms with E-state index in [1.165, 1.54) is 18.4 Å². The fourth-order valence-electron chi connectivity index (χ4n) is 2.44. The summed E-state index contributed by atoms with van der Waals surface area (Å²) in [4.78, 5) is 47.3. The first-order chi connectivity index (χ1) is 13.3. The Labute approximate surface area is 168 Å². The molecule has 1 aromatic rings. The van der Waals surface area contributed by atoms with Crippen molar-refractivity contribution >= 4 is 47.4 Å². The lowest BCUT2D eigenvalue weighted by atomic mass is 10.1. The van der Waals surface area contributed by atoms with Gasteiger partial charge >= 0.3 is 12.1 Å². The van der Waals surface area contributed by atoms with Gasteiger partial charge in [-0.3, -0.25) is 9.59 Å². The third-order valence-corrected chi connectivity index (χ3v) is 6.00. The molecular weight excluding hydrogens is 410 g/mol. The number of rotatable bonds is 9. The maximum absolute atomic E-state index is 12.4. The number of hydrogen-bond donors (Lipinski definition) is 4. The van der Waals surface area contributed by atoms with Crippen molar-refractivity contribution in [1.82, 2.24) is 10.6 Å². The number of ether oxygens (including phenoxy) is 2. The SMILES string of the molecule is CO[C@](C=O)(NC(=O)Cc1cccs1)[C@@H]1NC(C(=O)O)=C(COC(N)=O)CS1. The number of carboxylic acid groups (broad SMARTS) is 1. The molecule has 2 rings (SSSR count). The lowest BCUT2D eigenvalue weighted by Crippen LogP contribution is -2.64. The minimum atomic E-state index is -1.80. The van der Waals surface area contributed by atoms with E-state index < -0.39 is 29.1 Å². The van der Waals surface area contributed by atoms with Gasteiger partial charge in [0.05, 0.1) is 6.42 Å². The number of amides is 2. The quantitative estimate of drug-likeness (QED) is 0.314. The number of carboxylic acids is 1. The Bertz CT molecular complexity index is 781. The first-order valence-corrected chi connectivity index (χ1v) is 9.84. The van der Waals surface area contributed by atoms with Gasteiger partial charge in [-0.1, -0.05) is 6.07 Å². The zero-order chi connectivity index (χ0) is 20.7. The van der Waals surface area contributed by atoms with E-state index in [0.29, 0.717) is 6.29 Å². The number of nitrogens with two attached hydrogens (primary N) is 1. The predicted molar refractivity (Wildman–Crippen MR) is 102 cm³/mol. The van der Waals surface area contributed by atoms with Crippen LogP contribution >= 0.6 is 23.1 Å². The van der Waals surface area contributed by atoms with Crippen LogP contribution in [0.1, 0.15) is 4.88 Å². The normalized spacial score (nSPS) is 18.5. The maximum Gasteiger partial charge on any atom is 0.404 e. The molecule has 2 heterocycles. The van der Waals surface area contributed by atoms with E-state index in [1.807, 2.05) is 5.38 Å². The minimum Gasteiger partial charge on any atom is -0.477 e. The Morgan fingerprint density at radius 2 is 2.25 bits per heavy atom. The lowest BCUT2D eigenvalue weighted by molar-refractivity contribution is -0.143. The summed E-state index contributed by atoms with van der Waals surface area (Å²) in [7, 11) is 1.23. The zero-order valence-electron chi connectivity index (χ0n) is 14.8. The molecule has 5 N–H and O–H groups in total. The highest BCUT2D eigenvalue weighted by atomic mass is 32.2. The summed E-state index contributed by atoms with van der Waals surface area (Å²) in [5.41, 5.74) is 3.14. The first-order valence-electron chi connectivity index (χ1n) is 7.92. The number of aliphatic carboxylic acids is 1. The highest BCUT2D eigenvalue weighted by Gasteiger charge is 2.44. The fraction of sp³-hybridized carbons (Fsp3) is 0.375. The van der Waals surface area contributed by atoms with Crippen molar-refractivity contribution in [3.63, 3.8) is 0 Å². The van der Waals surface area contributed by atoms with E-state index in [-0.39, 0.29) is 30.1 Å². The highest BCUT2D eigenvalue weighted by molar-refractivity contribution is 8.00. The van der Waals surface area contributed by atoms with Gasteiger partial charge in [0, 0.05) is 23.3 Å². The van der Waals surface area contributed by atoms with Crippen molar-refractivity contribution in [2.75, 3.05) is 19.5 Å². The van der Waals surface area contributed by atoms with Crippen molar-refractivity contribution in [2.24, 2.45) is 5.73 Å². The molecule has 152 valence electrons. The monoisotopic (exact) mass is 429 g/mol. The van der Waals surface area contributed by atoms with Gasteiger partial charge in [0.1, 0.15) is 17.7 Å². The second-order valence-corrected chi connectivity index (χ2v) is 7.77. The van der Waals surface area contributed by atoms with E-state index in [9.17, 15) is 24.3 Å². The average molecular weight is 429 g/mol. The molecule has 0 spiro atoms. The van der Waals surface area contributed by atoms with Crippen molar-refractivity contribution in [3.05, 3.63) is 33.7 Å². The Balaban J connectivity index is 2.18. The fourth-order valence-corrected chi connectivity index (χ4v) is 4.40. The number of primary amides is 1. The van der Waals surface area contributed by atoms with Gasteiger partial charge < -0.3 is 30.9 Å². The third-order valence-electron chi connectivity index (χ3n) is 3.81. The molecule has 1 aliphatic rings. The minimum absolute atomic E-state index is 0.0489. The number of methoxy groups -OCH3 is 1. The van der Waals surface area contributed by atoms with E-state index in [2.05, 4.69) is 15.4 Å². The molecule has 2 atom stereocenters. The molecule has 0 bridgehead atoms. The zero-order valence-corrected chi connectivity index (χ0v) is 16.4. The van der Waals surface area contributed by atoms with Gasteiger partial charge in [0.25, 0.3) is 0 Å². The molecule has 1 aliphatic heterocycles. The predicted octanol–water partition coefficient (Wildman–Crippen LogP) is 0.0449. The maximum atomic E-state index is 12.4. The van der Waals surface area contributed by atoms with Crippen LogP contribution in [0, 0.1) is 0 Å². The van der Waals surface area contributed by atoms with Crippen LogP contribution in [0.15, 0.2) is 28.8 Å². The summed E-state index contributed by atoms with van der Waals surface area (Å²) < 4.78 is 9.93. The van der Waals surface area contributed by atoms with Gasteiger partial charge in [0.2, 0.25) is 11.6 Å². The number of thiophene rings is 1. The largest absolute Gasteiger partial charge is 0.477 e.